The first-order valence-electron chi connectivity index (χ1n) is 10.3. The van der Waals surface area contributed by atoms with Crippen LogP contribution in [0.5, 0.6) is 5.75 Å². The summed E-state index contributed by atoms with van der Waals surface area (Å²) in [6.45, 7) is -2.84. The number of ether oxygens (including phenoxy) is 1. The van der Waals surface area contributed by atoms with Crippen LogP contribution in [0.25, 0.3) is 0 Å². The van der Waals surface area contributed by atoms with Crippen LogP contribution in [0.3, 0.4) is 0 Å². The summed E-state index contributed by atoms with van der Waals surface area (Å²) in [5.74, 6) is -0.666. The summed E-state index contributed by atoms with van der Waals surface area (Å²) in [6, 6.07) is 19.2. The Kier molecular flexibility index (Phi) is 6.67. The zero-order chi connectivity index (χ0) is 24.1. The predicted molar refractivity (Wildman–Crippen MR) is 121 cm³/mol. The minimum atomic E-state index is -2.91. The average Bonchev–Trinajstić information content (AvgIpc) is 3.13. The maximum absolute atomic E-state index is 13.0. The fourth-order valence-electron chi connectivity index (χ4n) is 3.41. The molecule has 1 saturated heterocycles. The highest BCUT2D eigenvalue weighted by Gasteiger charge is 2.28. The highest BCUT2D eigenvalue weighted by Crippen LogP contribution is 2.25. The Balaban J connectivity index is 1.46. The van der Waals surface area contributed by atoms with Gasteiger partial charge in [-0.2, -0.15) is 8.78 Å². The number of carbonyl (C=O) groups is 3. The number of nitrogens with one attached hydrogen (secondary N) is 3. The minimum absolute atomic E-state index is 0.0268. The zero-order valence-electron chi connectivity index (χ0n) is 17.8. The van der Waals surface area contributed by atoms with Gasteiger partial charge < -0.3 is 20.7 Å². The minimum Gasteiger partial charge on any atom is -0.435 e. The lowest BCUT2D eigenvalue weighted by atomic mass is 10.1. The molecule has 0 bridgehead atoms. The number of urea groups is 1. The largest absolute Gasteiger partial charge is 0.435 e. The third-order valence-electron chi connectivity index (χ3n) is 4.99. The number of halogens is 2. The third kappa shape index (κ3) is 5.47. The Morgan fingerprint density at radius 2 is 1.76 bits per heavy atom. The van der Waals surface area contributed by atoms with Crippen molar-refractivity contribution < 1.29 is 27.9 Å². The maximum Gasteiger partial charge on any atom is 0.387 e. The van der Waals surface area contributed by atoms with E-state index >= 15 is 0 Å². The average molecular weight is 466 g/mol. The van der Waals surface area contributed by atoms with Crippen molar-refractivity contribution in [2.24, 2.45) is 0 Å². The van der Waals surface area contributed by atoms with Gasteiger partial charge in [0, 0.05) is 11.4 Å². The summed E-state index contributed by atoms with van der Waals surface area (Å²) >= 11 is 0. The van der Waals surface area contributed by atoms with Crippen molar-refractivity contribution in [3.05, 3.63) is 83.9 Å². The summed E-state index contributed by atoms with van der Waals surface area (Å²) in [5.41, 5.74) is 2.63. The van der Waals surface area contributed by atoms with E-state index in [9.17, 15) is 23.2 Å². The molecule has 4 rings (SSSR count). The van der Waals surface area contributed by atoms with E-state index in [0.29, 0.717) is 28.2 Å². The van der Waals surface area contributed by atoms with Gasteiger partial charge in [0.1, 0.15) is 5.75 Å². The summed E-state index contributed by atoms with van der Waals surface area (Å²) < 4.78 is 29.0. The molecule has 1 aliphatic heterocycles. The number of hydrogen-bond donors (Lipinski definition) is 3. The number of amides is 4. The van der Waals surface area contributed by atoms with Crippen LogP contribution in [0.2, 0.25) is 0 Å². The van der Waals surface area contributed by atoms with Crippen molar-refractivity contribution in [1.29, 1.82) is 0 Å². The van der Waals surface area contributed by atoms with Crippen LogP contribution in [0, 0.1) is 0 Å². The van der Waals surface area contributed by atoms with E-state index in [1.165, 1.54) is 12.1 Å². The third-order valence-corrected chi connectivity index (χ3v) is 4.99. The number of hydrogen-bond acceptors (Lipinski definition) is 5. The molecule has 0 unspecified atom stereocenters. The van der Waals surface area contributed by atoms with E-state index in [0.717, 1.165) is 4.90 Å². The Bertz CT molecular complexity index is 1200. The topological polar surface area (TPSA) is 99.8 Å². The molecule has 1 heterocycles. The summed E-state index contributed by atoms with van der Waals surface area (Å²) in [6.07, 6.45) is 0. The van der Waals surface area contributed by atoms with Crippen molar-refractivity contribution in [1.82, 2.24) is 10.2 Å². The second-order valence-electron chi connectivity index (χ2n) is 7.37. The molecule has 0 atom stereocenters. The van der Waals surface area contributed by atoms with Gasteiger partial charge in [0.05, 0.1) is 24.3 Å². The molecule has 34 heavy (non-hydrogen) atoms. The monoisotopic (exact) mass is 466 g/mol. The number of anilines is 3. The highest BCUT2D eigenvalue weighted by atomic mass is 19.3. The molecular formula is C24H20F2N4O4. The van der Waals surface area contributed by atoms with Gasteiger partial charge in [-0.05, 0) is 54.1 Å². The molecule has 3 aromatic carbocycles. The van der Waals surface area contributed by atoms with Gasteiger partial charge in [-0.3, -0.25) is 14.5 Å². The molecule has 3 N–H and O–H groups in total. The molecule has 1 aliphatic rings. The van der Waals surface area contributed by atoms with Crippen molar-refractivity contribution in [3.63, 3.8) is 0 Å². The van der Waals surface area contributed by atoms with Crippen LogP contribution in [0.4, 0.5) is 30.6 Å². The van der Waals surface area contributed by atoms with E-state index in [1.807, 2.05) is 0 Å². The van der Waals surface area contributed by atoms with Gasteiger partial charge >= 0.3 is 12.6 Å². The van der Waals surface area contributed by atoms with Gasteiger partial charge in [0.2, 0.25) is 5.91 Å². The summed E-state index contributed by atoms with van der Waals surface area (Å²) in [4.78, 5) is 37.7. The van der Waals surface area contributed by atoms with Crippen LogP contribution >= 0.6 is 0 Å². The molecule has 10 heteroatoms. The standard InChI is InChI=1S/C24H20F2N4O4/c25-23(26)34-18-10-8-16(9-11-18)28-20-7-2-1-6-19(20)22(32)29-17-5-3-4-15(12-17)14-30-21(31)13-27-24(30)33/h1-12,23,28H,13-14H2,(H,27,33)(H,29,32). The van der Waals surface area contributed by atoms with Crippen molar-refractivity contribution in [2.75, 3.05) is 17.2 Å². The second kappa shape index (κ2) is 9.99. The van der Waals surface area contributed by atoms with Crippen LogP contribution in [-0.4, -0.2) is 35.9 Å². The number of nitrogens with zero attached hydrogens (tertiary/aromatic N) is 1. The Morgan fingerprint density at radius 3 is 2.47 bits per heavy atom. The van der Waals surface area contributed by atoms with E-state index in [-0.39, 0.29) is 30.7 Å². The Labute approximate surface area is 193 Å². The Morgan fingerprint density at radius 1 is 1.00 bits per heavy atom. The highest BCUT2D eigenvalue weighted by molar-refractivity contribution is 6.08. The second-order valence-corrected chi connectivity index (χ2v) is 7.37. The molecule has 0 spiro atoms. The smallest absolute Gasteiger partial charge is 0.387 e. The normalized spacial score (nSPS) is 13.1. The lowest BCUT2D eigenvalue weighted by molar-refractivity contribution is -0.125. The van der Waals surface area contributed by atoms with Gasteiger partial charge in [-0.25, -0.2) is 4.79 Å². The number of rotatable bonds is 8. The van der Waals surface area contributed by atoms with E-state index in [2.05, 4.69) is 20.7 Å². The lowest BCUT2D eigenvalue weighted by Crippen LogP contribution is -2.30. The molecule has 1 fully saturated rings. The van der Waals surface area contributed by atoms with Gasteiger partial charge in [0.25, 0.3) is 5.91 Å². The van der Waals surface area contributed by atoms with Crippen LogP contribution < -0.4 is 20.7 Å². The predicted octanol–water partition coefficient (Wildman–Crippen LogP) is 4.34. The molecule has 0 aromatic heterocycles. The first-order valence-corrected chi connectivity index (χ1v) is 10.3. The maximum atomic E-state index is 13.0. The first kappa shape index (κ1) is 22.7. The van der Waals surface area contributed by atoms with Crippen LogP contribution in [0.15, 0.2) is 72.8 Å². The number of carbonyl (C=O) groups excluding carboxylic acids is 3. The first-order chi connectivity index (χ1) is 16.4. The molecule has 0 radical (unpaired) electrons. The van der Waals surface area contributed by atoms with Gasteiger partial charge in [0.15, 0.2) is 0 Å². The van der Waals surface area contributed by atoms with E-state index in [1.54, 1.807) is 60.7 Å². The van der Waals surface area contributed by atoms with Crippen molar-refractivity contribution in [3.8, 4) is 5.75 Å². The Hall–Kier alpha value is -4.47. The summed E-state index contributed by atoms with van der Waals surface area (Å²) in [7, 11) is 0. The molecule has 174 valence electrons. The molecule has 4 amide bonds. The van der Waals surface area contributed by atoms with Crippen LogP contribution in [0.1, 0.15) is 15.9 Å². The number of benzene rings is 3. The SMILES string of the molecule is O=C(Nc1cccc(CN2C(=O)CNC2=O)c1)c1ccccc1Nc1ccc(OC(F)F)cc1. The molecular weight excluding hydrogens is 446 g/mol. The van der Waals surface area contributed by atoms with Crippen LogP contribution in [-0.2, 0) is 11.3 Å². The number of imide groups is 1. The van der Waals surface area contributed by atoms with E-state index in [4.69, 9.17) is 0 Å². The van der Waals surface area contributed by atoms with Gasteiger partial charge in [-0.1, -0.05) is 24.3 Å². The molecule has 3 aromatic rings. The van der Waals surface area contributed by atoms with Crippen molar-refractivity contribution >= 4 is 34.9 Å². The molecule has 8 nitrogen and oxygen atoms in total. The number of para-hydroxylation sites is 1. The quantitative estimate of drug-likeness (QED) is 0.429. The fourth-order valence-corrected chi connectivity index (χ4v) is 3.41. The van der Waals surface area contributed by atoms with Gasteiger partial charge in [-0.15, -0.1) is 0 Å². The summed E-state index contributed by atoms with van der Waals surface area (Å²) in [5, 5.41) is 8.38. The molecule has 0 aliphatic carbocycles. The zero-order valence-corrected chi connectivity index (χ0v) is 17.8. The number of alkyl halides is 2. The van der Waals surface area contributed by atoms with E-state index < -0.39 is 12.6 Å². The lowest BCUT2D eigenvalue weighted by Gasteiger charge is -2.15. The fraction of sp³-hybridized carbons (Fsp3) is 0.125. The van der Waals surface area contributed by atoms with Crippen molar-refractivity contribution in [2.45, 2.75) is 13.2 Å². The molecule has 0 saturated carbocycles.